The molecule has 1 fully saturated rings. The molecule has 0 radical (unpaired) electrons. The number of benzene rings is 1. The van der Waals surface area contributed by atoms with Crippen molar-refractivity contribution >= 4 is 22.8 Å². The predicted molar refractivity (Wildman–Crippen MR) is 102 cm³/mol. The van der Waals surface area contributed by atoms with Crippen molar-refractivity contribution in [2.24, 2.45) is 5.92 Å². The van der Waals surface area contributed by atoms with E-state index in [-0.39, 0.29) is 28.8 Å². The second kappa shape index (κ2) is 8.04. The van der Waals surface area contributed by atoms with Gasteiger partial charge in [0.25, 0.3) is 5.91 Å². The first kappa shape index (κ1) is 21.1. The molecule has 3 rings (SSSR count). The van der Waals surface area contributed by atoms with E-state index in [1.807, 2.05) is 6.92 Å². The van der Waals surface area contributed by atoms with Crippen LogP contribution in [0.2, 0.25) is 0 Å². The SMILES string of the molecule is CCNC(=O)C1CCCN(C(=O)c2ccc3c(c2)nc(C(F)(F)F)n3C(C)C)C1. The molecule has 1 aromatic carbocycles. The zero-order valence-electron chi connectivity index (χ0n) is 16.7. The van der Waals surface area contributed by atoms with Crippen molar-refractivity contribution in [1.29, 1.82) is 0 Å². The average molecular weight is 410 g/mol. The third-order valence-electron chi connectivity index (χ3n) is 5.14. The van der Waals surface area contributed by atoms with Crippen LogP contribution < -0.4 is 5.32 Å². The number of likely N-dealkylation sites (tertiary alicyclic amines) is 1. The number of amides is 2. The first-order valence-corrected chi connectivity index (χ1v) is 9.79. The van der Waals surface area contributed by atoms with E-state index < -0.39 is 18.0 Å². The Balaban J connectivity index is 1.90. The van der Waals surface area contributed by atoms with E-state index in [1.165, 1.54) is 18.2 Å². The maximum atomic E-state index is 13.4. The number of nitrogens with one attached hydrogen (secondary N) is 1. The van der Waals surface area contributed by atoms with Gasteiger partial charge in [0.05, 0.1) is 17.0 Å². The van der Waals surface area contributed by atoms with Gasteiger partial charge in [-0.25, -0.2) is 4.98 Å². The smallest absolute Gasteiger partial charge is 0.356 e. The number of imidazole rings is 1. The number of nitrogens with zero attached hydrogens (tertiary/aromatic N) is 3. The molecule has 1 unspecified atom stereocenters. The number of carbonyl (C=O) groups excluding carboxylic acids is 2. The van der Waals surface area contributed by atoms with Crippen molar-refractivity contribution in [3.63, 3.8) is 0 Å². The van der Waals surface area contributed by atoms with Crippen LogP contribution in [0.1, 0.15) is 55.8 Å². The number of alkyl halides is 3. The van der Waals surface area contributed by atoms with Crippen molar-refractivity contribution in [2.45, 2.75) is 45.8 Å². The molecule has 2 amide bonds. The Kier molecular flexibility index (Phi) is 5.86. The molecule has 1 aromatic heterocycles. The number of hydrogen-bond donors (Lipinski definition) is 1. The maximum Gasteiger partial charge on any atom is 0.449 e. The van der Waals surface area contributed by atoms with Gasteiger partial charge in [-0.05, 0) is 51.8 Å². The number of halogens is 3. The average Bonchev–Trinajstić information content (AvgIpc) is 3.07. The lowest BCUT2D eigenvalue weighted by Gasteiger charge is -2.32. The lowest BCUT2D eigenvalue weighted by Crippen LogP contribution is -2.45. The molecular weight excluding hydrogens is 385 g/mol. The van der Waals surface area contributed by atoms with Gasteiger partial charge in [0.15, 0.2) is 0 Å². The quantitative estimate of drug-likeness (QED) is 0.837. The Bertz CT molecular complexity index is 920. The Labute approximate surface area is 167 Å². The van der Waals surface area contributed by atoms with Crippen molar-refractivity contribution in [1.82, 2.24) is 19.8 Å². The Morgan fingerprint density at radius 3 is 2.66 bits per heavy atom. The summed E-state index contributed by atoms with van der Waals surface area (Å²) in [6.07, 6.45) is -3.17. The molecule has 6 nitrogen and oxygen atoms in total. The summed E-state index contributed by atoms with van der Waals surface area (Å²) < 4.78 is 41.3. The van der Waals surface area contributed by atoms with E-state index in [1.54, 1.807) is 18.7 Å². The highest BCUT2D eigenvalue weighted by molar-refractivity contribution is 5.98. The fourth-order valence-corrected chi connectivity index (χ4v) is 3.83. The minimum atomic E-state index is -4.58. The van der Waals surface area contributed by atoms with Gasteiger partial charge in [0, 0.05) is 31.2 Å². The van der Waals surface area contributed by atoms with E-state index >= 15 is 0 Å². The summed E-state index contributed by atoms with van der Waals surface area (Å²) in [4.78, 5) is 30.4. The number of carbonyl (C=O) groups is 2. The Morgan fingerprint density at radius 1 is 1.31 bits per heavy atom. The van der Waals surface area contributed by atoms with Gasteiger partial charge >= 0.3 is 6.18 Å². The molecule has 29 heavy (non-hydrogen) atoms. The third kappa shape index (κ3) is 4.23. The van der Waals surface area contributed by atoms with Crippen LogP contribution in [0.5, 0.6) is 0 Å². The lowest BCUT2D eigenvalue weighted by atomic mass is 9.96. The zero-order valence-corrected chi connectivity index (χ0v) is 16.7. The van der Waals surface area contributed by atoms with Crippen molar-refractivity contribution < 1.29 is 22.8 Å². The minimum Gasteiger partial charge on any atom is -0.356 e. The van der Waals surface area contributed by atoms with Crippen LogP contribution in [0, 0.1) is 5.92 Å². The molecule has 9 heteroatoms. The summed E-state index contributed by atoms with van der Waals surface area (Å²) in [5.41, 5.74) is 0.744. The fraction of sp³-hybridized carbons (Fsp3) is 0.550. The molecule has 0 bridgehead atoms. The summed E-state index contributed by atoms with van der Waals surface area (Å²) in [5, 5.41) is 2.78. The third-order valence-corrected chi connectivity index (χ3v) is 5.14. The second-order valence-electron chi connectivity index (χ2n) is 7.59. The Hall–Kier alpha value is -2.58. The molecule has 1 aliphatic heterocycles. The van der Waals surface area contributed by atoms with E-state index in [0.29, 0.717) is 38.0 Å². The Morgan fingerprint density at radius 2 is 2.03 bits per heavy atom. The highest BCUT2D eigenvalue weighted by Crippen LogP contribution is 2.34. The number of piperidine rings is 1. The number of hydrogen-bond acceptors (Lipinski definition) is 3. The standard InChI is InChI=1S/C20H25F3N4O2/c1-4-24-17(28)14-6-5-9-26(11-14)18(29)13-7-8-16-15(10-13)25-19(20(21,22)23)27(16)12(2)3/h7-8,10,12,14H,4-6,9,11H2,1-3H3,(H,24,28). The summed E-state index contributed by atoms with van der Waals surface area (Å²) >= 11 is 0. The summed E-state index contributed by atoms with van der Waals surface area (Å²) in [5.74, 6) is -1.62. The van der Waals surface area contributed by atoms with Crippen LogP contribution in [0.15, 0.2) is 18.2 Å². The topological polar surface area (TPSA) is 67.2 Å². The first-order chi connectivity index (χ1) is 13.6. The monoisotopic (exact) mass is 410 g/mol. The van der Waals surface area contributed by atoms with Crippen LogP contribution in [-0.4, -0.2) is 45.9 Å². The van der Waals surface area contributed by atoms with Gasteiger partial charge in [-0.15, -0.1) is 0 Å². The van der Waals surface area contributed by atoms with Gasteiger partial charge in [-0.3, -0.25) is 9.59 Å². The molecule has 2 heterocycles. The molecule has 2 aromatic rings. The zero-order chi connectivity index (χ0) is 21.3. The van der Waals surface area contributed by atoms with Crippen LogP contribution in [-0.2, 0) is 11.0 Å². The predicted octanol–water partition coefficient (Wildman–Crippen LogP) is 3.62. The molecule has 1 N–H and O–H groups in total. The molecular formula is C20H25F3N4O2. The number of rotatable bonds is 4. The van der Waals surface area contributed by atoms with E-state index in [9.17, 15) is 22.8 Å². The van der Waals surface area contributed by atoms with Gasteiger partial charge in [-0.1, -0.05) is 0 Å². The lowest BCUT2D eigenvalue weighted by molar-refractivity contribution is -0.147. The highest BCUT2D eigenvalue weighted by atomic mass is 19.4. The van der Waals surface area contributed by atoms with Crippen LogP contribution in [0.4, 0.5) is 13.2 Å². The van der Waals surface area contributed by atoms with Crippen molar-refractivity contribution in [3.05, 3.63) is 29.6 Å². The minimum absolute atomic E-state index is 0.0778. The molecule has 1 saturated heterocycles. The molecule has 1 atom stereocenters. The number of aromatic nitrogens is 2. The molecule has 0 saturated carbocycles. The summed E-state index contributed by atoms with van der Waals surface area (Å²) in [7, 11) is 0. The normalized spacial score (nSPS) is 17.8. The first-order valence-electron chi connectivity index (χ1n) is 9.79. The van der Waals surface area contributed by atoms with Crippen molar-refractivity contribution in [3.8, 4) is 0 Å². The molecule has 1 aliphatic rings. The summed E-state index contributed by atoms with van der Waals surface area (Å²) in [6, 6.07) is 4.01. The summed E-state index contributed by atoms with van der Waals surface area (Å²) in [6.45, 7) is 6.50. The van der Waals surface area contributed by atoms with Crippen LogP contribution >= 0.6 is 0 Å². The van der Waals surface area contributed by atoms with Gasteiger partial charge < -0.3 is 14.8 Å². The van der Waals surface area contributed by atoms with Crippen molar-refractivity contribution in [2.75, 3.05) is 19.6 Å². The largest absolute Gasteiger partial charge is 0.449 e. The maximum absolute atomic E-state index is 13.4. The highest BCUT2D eigenvalue weighted by Gasteiger charge is 2.38. The molecule has 0 spiro atoms. The van der Waals surface area contributed by atoms with Gasteiger partial charge in [0.2, 0.25) is 11.7 Å². The van der Waals surface area contributed by atoms with Gasteiger partial charge in [-0.2, -0.15) is 13.2 Å². The number of fused-ring (bicyclic) bond motifs is 1. The van der Waals surface area contributed by atoms with E-state index in [4.69, 9.17) is 0 Å². The molecule has 158 valence electrons. The molecule has 0 aliphatic carbocycles. The van der Waals surface area contributed by atoms with E-state index in [0.717, 1.165) is 4.57 Å². The fourth-order valence-electron chi connectivity index (χ4n) is 3.83. The van der Waals surface area contributed by atoms with E-state index in [2.05, 4.69) is 10.3 Å². The van der Waals surface area contributed by atoms with Crippen LogP contribution in [0.3, 0.4) is 0 Å². The van der Waals surface area contributed by atoms with Gasteiger partial charge in [0.1, 0.15) is 0 Å². The second-order valence-corrected chi connectivity index (χ2v) is 7.59. The van der Waals surface area contributed by atoms with Crippen LogP contribution in [0.25, 0.3) is 11.0 Å².